The Balaban J connectivity index is 1.62. The summed E-state index contributed by atoms with van der Waals surface area (Å²) in [5, 5.41) is 9.95. The summed E-state index contributed by atoms with van der Waals surface area (Å²) in [6, 6.07) is 7.99. The molecule has 2 aliphatic heterocycles. The van der Waals surface area contributed by atoms with E-state index in [4.69, 9.17) is 4.74 Å². The van der Waals surface area contributed by atoms with Crippen molar-refractivity contribution >= 4 is 5.91 Å². The Labute approximate surface area is 144 Å². The van der Waals surface area contributed by atoms with E-state index in [1.54, 1.807) is 0 Å². The predicted octanol–water partition coefficient (Wildman–Crippen LogP) is 1.68. The number of aryl methyl sites for hydroxylation is 1. The molecule has 2 heterocycles. The minimum atomic E-state index is -0.0410. The average Bonchev–Trinajstić information content (AvgIpc) is 2.61. The van der Waals surface area contributed by atoms with Gasteiger partial charge in [0.25, 0.3) is 5.91 Å². The summed E-state index contributed by atoms with van der Waals surface area (Å²) in [6.45, 7) is 4.70. The lowest BCUT2D eigenvalue weighted by atomic mass is 9.69. The van der Waals surface area contributed by atoms with Crippen molar-refractivity contribution in [1.29, 1.82) is 0 Å². The average molecular weight is 332 g/mol. The number of aliphatic hydroxyl groups is 1. The van der Waals surface area contributed by atoms with Crippen molar-refractivity contribution in [3.8, 4) is 5.75 Å². The number of ether oxygens (including phenoxy) is 1. The van der Waals surface area contributed by atoms with Crippen LogP contribution in [-0.4, -0.2) is 66.8 Å². The van der Waals surface area contributed by atoms with Crippen LogP contribution in [0.3, 0.4) is 0 Å². The summed E-state index contributed by atoms with van der Waals surface area (Å²) in [7, 11) is 2.10. The molecule has 2 aliphatic rings. The normalized spacial score (nSPS) is 27.6. The van der Waals surface area contributed by atoms with Gasteiger partial charge in [0.05, 0.1) is 6.61 Å². The highest BCUT2D eigenvalue weighted by Crippen LogP contribution is 2.41. The van der Waals surface area contributed by atoms with Crippen molar-refractivity contribution in [3.05, 3.63) is 29.8 Å². The fourth-order valence-electron chi connectivity index (χ4n) is 4.19. The van der Waals surface area contributed by atoms with Crippen LogP contribution in [0.5, 0.6) is 5.75 Å². The number of fused-ring (bicyclic) bond motifs is 1. The second kappa shape index (κ2) is 7.11. The Morgan fingerprint density at radius 2 is 2.12 bits per heavy atom. The number of hydrogen-bond acceptors (Lipinski definition) is 4. The van der Waals surface area contributed by atoms with Crippen LogP contribution in [0.25, 0.3) is 0 Å². The molecule has 0 spiro atoms. The van der Waals surface area contributed by atoms with Crippen molar-refractivity contribution in [2.45, 2.75) is 32.2 Å². The van der Waals surface area contributed by atoms with Crippen LogP contribution in [0, 0.1) is 12.3 Å². The Morgan fingerprint density at radius 1 is 1.33 bits per heavy atom. The summed E-state index contributed by atoms with van der Waals surface area (Å²) in [4.78, 5) is 16.8. The maximum Gasteiger partial charge on any atom is 0.260 e. The number of nitrogens with zero attached hydrogens (tertiary/aromatic N) is 2. The van der Waals surface area contributed by atoms with Gasteiger partial charge in [-0.3, -0.25) is 4.79 Å². The monoisotopic (exact) mass is 332 g/mol. The molecule has 24 heavy (non-hydrogen) atoms. The highest BCUT2D eigenvalue weighted by molar-refractivity contribution is 5.78. The van der Waals surface area contributed by atoms with E-state index in [0.29, 0.717) is 13.1 Å². The van der Waals surface area contributed by atoms with Crippen LogP contribution >= 0.6 is 0 Å². The first kappa shape index (κ1) is 17.2. The van der Waals surface area contributed by atoms with E-state index in [2.05, 4.69) is 11.9 Å². The van der Waals surface area contributed by atoms with E-state index in [1.165, 1.54) is 0 Å². The summed E-state index contributed by atoms with van der Waals surface area (Å²) in [6.07, 6.45) is 3.05. The van der Waals surface area contributed by atoms with Gasteiger partial charge in [0, 0.05) is 24.5 Å². The SMILES string of the molecule is Cc1ccccc1OCC(=O)N1CC[C@@]2(CO)CCCN(C)[C@@H]2C1. The number of rotatable bonds is 4. The molecular formula is C19H28N2O3. The van der Waals surface area contributed by atoms with Crippen LogP contribution in [0.15, 0.2) is 24.3 Å². The van der Waals surface area contributed by atoms with Gasteiger partial charge in [-0.2, -0.15) is 0 Å². The smallest absolute Gasteiger partial charge is 0.260 e. The fourth-order valence-corrected chi connectivity index (χ4v) is 4.19. The number of para-hydroxylation sites is 1. The van der Waals surface area contributed by atoms with Gasteiger partial charge in [0.15, 0.2) is 6.61 Å². The van der Waals surface area contributed by atoms with Crippen molar-refractivity contribution in [1.82, 2.24) is 9.80 Å². The van der Waals surface area contributed by atoms with Gasteiger partial charge >= 0.3 is 0 Å². The van der Waals surface area contributed by atoms with E-state index in [-0.39, 0.29) is 30.6 Å². The third kappa shape index (κ3) is 3.28. The van der Waals surface area contributed by atoms with E-state index >= 15 is 0 Å². The molecule has 1 aromatic carbocycles. The number of carbonyl (C=O) groups is 1. The van der Waals surface area contributed by atoms with Gasteiger partial charge in [-0.05, 0) is 51.4 Å². The molecule has 2 fully saturated rings. The summed E-state index contributed by atoms with van der Waals surface area (Å²) < 4.78 is 5.71. The van der Waals surface area contributed by atoms with Gasteiger partial charge in [-0.15, -0.1) is 0 Å². The first-order chi connectivity index (χ1) is 11.6. The number of piperidine rings is 2. The Hall–Kier alpha value is -1.59. The second-order valence-corrected chi connectivity index (χ2v) is 7.26. The van der Waals surface area contributed by atoms with Gasteiger partial charge in [0.1, 0.15) is 5.75 Å². The van der Waals surface area contributed by atoms with Crippen LogP contribution in [0.1, 0.15) is 24.8 Å². The van der Waals surface area contributed by atoms with Gasteiger partial charge in [-0.25, -0.2) is 0 Å². The summed E-state index contributed by atoms with van der Waals surface area (Å²) in [5.74, 6) is 0.797. The molecule has 0 bridgehead atoms. The topological polar surface area (TPSA) is 53.0 Å². The van der Waals surface area contributed by atoms with Crippen LogP contribution in [0.2, 0.25) is 0 Å². The quantitative estimate of drug-likeness (QED) is 0.911. The highest BCUT2D eigenvalue weighted by atomic mass is 16.5. The number of carbonyl (C=O) groups excluding carboxylic acids is 1. The lowest BCUT2D eigenvalue weighted by molar-refractivity contribution is -0.141. The number of aliphatic hydroxyl groups excluding tert-OH is 1. The Bertz CT molecular complexity index is 592. The highest BCUT2D eigenvalue weighted by Gasteiger charge is 2.47. The Kier molecular flexibility index (Phi) is 5.11. The van der Waals surface area contributed by atoms with Gasteiger partial charge in [-0.1, -0.05) is 18.2 Å². The fraction of sp³-hybridized carbons (Fsp3) is 0.632. The van der Waals surface area contributed by atoms with Crippen molar-refractivity contribution in [2.75, 3.05) is 39.9 Å². The predicted molar refractivity (Wildman–Crippen MR) is 93.0 cm³/mol. The van der Waals surface area contributed by atoms with E-state index in [1.807, 2.05) is 36.1 Å². The van der Waals surface area contributed by atoms with Crippen LogP contribution in [-0.2, 0) is 4.79 Å². The molecule has 0 aromatic heterocycles. The molecule has 1 N–H and O–H groups in total. The zero-order chi connectivity index (χ0) is 17.2. The van der Waals surface area contributed by atoms with E-state index in [9.17, 15) is 9.90 Å². The van der Waals surface area contributed by atoms with Crippen molar-refractivity contribution < 1.29 is 14.6 Å². The molecule has 0 radical (unpaired) electrons. The van der Waals surface area contributed by atoms with Crippen molar-refractivity contribution in [2.24, 2.45) is 5.41 Å². The zero-order valence-corrected chi connectivity index (χ0v) is 14.7. The first-order valence-corrected chi connectivity index (χ1v) is 8.83. The molecule has 1 amide bonds. The molecule has 2 saturated heterocycles. The molecular weight excluding hydrogens is 304 g/mol. The number of hydrogen-bond donors (Lipinski definition) is 1. The molecule has 0 saturated carbocycles. The van der Waals surface area contributed by atoms with E-state index < -0.39 is 0 Å². The molecule has 2 atom stereocenters. The van der Waals surface area contributed by atoms with Gasteiger partial charge in [0.2, 0.25) is 0 Å². The summed E-state index contributed by atoms with van der Waals surface area (Å²) in [5.41, 5.74) is 0.996. The van der Waals surface area contributed by atoms with E-state index in [0.717, 1.165) is 37.1 Å². The molecule has 5 heteroatoms. The second-order valence-electron chi connectivity index (χ2n) is 7.26. The van der Waals surface area contributed by atoms with Crippen LogP contribution in [0.4, 0.5) is 0 Å². The summed E-state index contributed by atoms with van der Waals surface area (Å²) >= 11 is 0. The lowest BCUT2D eigenvalue weighted by Gasteiger charge is -2.53. The van der Waals surface area contributed by atoms with Gasteiger partial charge < -0.3 is 19.6 Å². The zero-order valence-electron chi connectivity index (χ0n) is 14.7. The number of benzene rings is 1. The molecule has 1 aromatic rings. The molecule has 5 nitrogen and oxygen atoms in total. The Morgan fingerprint density at radius 3 is 2.88 bits per heavy atom. The maximum absolute atomic E-state index is 12.6. The molecule has 132 valence electrons. The maximum atomic E-state index is 12.6. The number of amides is 1. The lowest BCUT2D eigenvalue weighted by Crippen LogP contribution is -2.62. The van der Waals surface area contributed by atoms with Crippen molar-refractivity contribution in [3.63, 3.8) is 0 Å². The number of likely N-dealkylation sites (N-methyl/N-ethyl adjacent to an activating group) is 1. The third-order valence-corrected chi connectivity index (χ3v) is 5.81. The molecule has 0 unspecified atom stereocenters. The third-order valence-electron chi connectivity index (χ3n) is 5.81. The standard InChI is InChI=1S/C19H28N2O3/c1-15-6-3-4-7-16(15)24-13-18(23)21-11-9-19(14-22)8-5-10-20(2)17(19)12-21/h3-4,6-7,17,22H,5,8-14H2,1-2H3/t17-,19-/m1/s1. The van der Waals surface area contributed by atoms with Crippen LogP contribution < -0.4 is 4.74 Å². The minimum Gasteiger partial charge on any atom is -0.484 e. The first-order valence-electron chi connectivity index (χ1n) is 8.83. The minimum absolute atomic E-state index is 0.0313. The largest absolute Gasteiger partial charge is 0.484 e. The molecule has 0 aliphatic carbocycles. The molecule has 3 rings (SSSR count). The number of likely N-dealkylation sites (tertiary alicyclic amines) is 2.